The summed E-state index contributed by atoms with van der Waals surface area (Å²) >= 11 is 0. The average Bonchev–Trinajstić information content (AvgIpc) is 2.96. The Morgan fingerprint density at radius 3 is 2.65 bits per heavy atom. The second kappa shape index (κ2) is 7.14. The minimum atomic E-state index is -0.141. The van der Waals surface area contributed by atoms with Gasteiger partial charge < -0.3 is 20.3 Å². The minimum absolute atomic E-state index is 0.141. The van der Waals surface area contributed by atoms with Crippen LogP contribution in [-0.2, 0) is 11.3 Å². The second-order valence-corrected chi connectivity index (χ2v) is 5.26. The molecule has 0 saturated carbocycles. The standard InChI is InChI=1S/C15H23N3O2/c1-18(2)13-7-5-12(6-8-13)10-16-15(19)17-11-14-4-3-9-20-14/h5-8,14H,3-4,9-11H2,1-2H3,(H2,16,17,19). The summed E-state index contributed by atoms with van der Waals surface area (Å²) in [5, 5.41) is 5.69. The van der Waals surface area contributed by atoms with E-state index in [0.717, 1.165) is 30.7 Å². The first-order valence-electron chi connectivity index (χ1n) is 7.05. The third-order valence-corrected chi connectivity index (χ3v) is 3.42. The Balaban J connectivity index is 1.69. The molecular weight excluding hydrogens is 254 g/mol. The molecule has 110 valence electrons. The predicted octanol–water partition coefficient (Wildman–Crippen LogP) is 1.73. The van der Waals surface area contributed by atoms with Crippen LogP contribution in [0.5, 0.6) is 0 Å². The van der Waals surface area contributed by atoms with Crippen molar-refractivity contribution in [3.05, 3.63) is 29.8 Å². The second-order valence-electron chi connectivity index (χ2n) is 5.26. The molecule has 2 N–H and O–H groups in total. The SMILES string of the molecule is CN(C)c1ccc(CNC(=O)NCC2CCCO2)cc1. The number of ether oxygens (including phenoxy) is 1. The topological polar surface area (TPSA) is 53.6 Å². The number of carbonyl (C=O) groups is 1. The van der Waals surface area contributed by atoms with Crippen molar-refractivity contribution in [3.63, 3.8) is 0 Å². The molecule has 5 nitrogen and oxygen atoms in total. The Morgan fingerprint density at radius 2 is 2.05 bits per heavy atom. The van der Waals surface area contributed by atoms with E-state index in [2.05, 4.69) is 10.6 Å². The average molecular weight is 277 g/mol. The van der Waals surface area contributed by atoms with Crippen molar-refractivity contribution in [2.75, 3.05) is 32.1 Å². The van der Waals surface area contributed by atoms with Crippen LogP contribution in [0.15, 0.2) is 24.3 Å². The first-order chi connectivity index (χ1) is 9.65. The van der Waals surface area contributed by atoms with Gasteiger partial charge in [-0.05, 0) is 30.5 Å². The van der Waals surface area contributed by atoms with Crippen LogP contribution in [-0.4, -0.2) is 39.4 Å². The Bertz CT molecular complexity index is 425. The summed E-state index contributed by atoms with van der Waals surface area (Å²) in [7, 11) is 4.01. The van der Waals surface area contributed by atoms with Crippen molar-refractivity contribution in [2.24, 2.45) is 0 Å². The molecule has 1 aromatic rings. The molecule has 1 heterocycles. The number of rotatable bonds is 5. The molecule has 2 amide bonds. The van der Waals surface area contributed by atoms with Crippen molar-refractivity contribution >= 4 is 11.7 Å². The zero-order valence-corrected chi connectivity index (χ0v) is 12.2. The van der Waals surface area contributed by atoms with Gasteiger partial charge in [0.2, 0.25) is 0 Å². The van der Waals surface area contributed by atoms with Crippen LogP contribution in [0.2, 0.25) is 0 Å². The van der Waals surface area contributed by atoms with E-state index in [4.69, 9.17) is 4.74 Å². The molecule has 1 aliphatic rings. The fourth-order valence-corrected chi connectivity index (χ4v) is 2.17. The molecular formula is C15H23N3O2. The first-order valence-corrected chi connectivity index (χ1v) is 7.05. The maximum Gasteiger partial charge on any atom is 0.315 e. The van der Waals surface area contributed by atoms with Crippen molar-refractivity contribution in [1.82, 2.24) is 10.6 Å². The summed E-state index contributed by atoms with van der Waals surface area (Å²) in [4.78, 5) is 13.7. The molecule has 0 aliphatic carbocycles. The molecule has 1 aromatic carbocycles. The monoisotopic (exact) mass is 277 g/mol. The molecule has 0 bridgehead atoms. The van der Waals surface area contributed by atoms with Crippen LogP contribution in [0.25, 0.3) is 0 Å². The lowest BCUT2D eigenvalue weighted by Crippen LogP contribution is -2.39. The highest BCUT2D eigenvalue weighted by Crippen LogP contribution is 2.12. The smallest absolute Gasteiger partial charge is 0.315 e. The molecule has 0 radical (unpaired) electrons. The van der Waals surface area contributed by atoms with Crippen molar-refractivity contribution in [3.8, 4) is 0 Å². The van der Waals surface area contributed by atoms with Crippen LogP contribution in [0.4, 0.5) is 10.5 Å². The molecule has 1 aliphatic heterocycles. The molecule has 2 rings (SSSR count). The van der Waals surface area contributed by atoms with Gasteiger partial charge in [-0.3, -0.25) is 0 Å². The van der Waals surface area contributed by atoms with Crippen LogP contribution in [0.3, 0.4) is 0 Å². The number of nitrogens with zero attached hydrogens (tertiary/aromatic N) is 1. The Labute approximate surface area is 120 Å². The van der Waals surface area contributed by atoms with Crippen LogP contribution in [0, 0.1) is 0 Å². The lowest BCUT2D eigenvalue weighted by atomic mass is 10.2. The highest BCUT2D eigenvalue weighted by atomic mass is 16.5. The van der Waals surface area contributed by atoms with E-state index in [0.29, 0.717) is 13.1 Å². The summed E-state index contributed by atoms with van der Waals surface area (Å²) in [6.07, 6.45) is 2.30. The van der Waals surface area contributed by atoms with Crippen molar-refractivity contribution < 1.29 is 9.53 Å². The Morgan fingerprint density at radius 1 is 1.30 bits per heavy atom. The van der Waals surface area contributed by atoms with Gasteiger partial charge in [-0.1, -0.05) is 12.1 Å². The Hall–Kier alpha value is -1.75. The van der Waals surface area contributed by atoms with Crippen LogP contribution in [0.1, 0.15) is 18.4 Å². The molecule has 1 atom stereocenters. The molecule has 5 heteroatoms. The number of hydrogen-bond donors (Lipinski definition) is 2. The number of benzene rings is 1. The van der Waals surface area contributed by atoms with Crippen molar-refractivity contribution in [1.29, 1.82) is 0 Å². The molecule has 1 saturated heterocycles. The van der Waals surface area contributed by atoms with Gasteiger partial charge in [-0.15, -0.1) is 0 Å². The fraction of sp³-hybridized carbons (Fsp3) is 0.533. The molecule has 0 aromatic heterocycles. The van der Waals surface area contributed by atoms with Crippen LogP contribution >= 0.6 is 0 Å². The number of urea groups is 1. The molecule has 20 heavy (non-hydrogen) atoms. The lowest BCUT2D eigenvalue weighted by molar-refractivity contribution is 0.111. The zero-order valence-electron chi connectivity index (χ0n) is 12.2. The van der Waals surface area contributed by atoms with Gasteiger partial charge in [0, 0.05) is 39.5 Å². The first kappa shape index (κ1) is 14.7. The lowest BCUT2D eigenvalue weighted by Gasteiger charge is -2.14. The summed E-state index contributed by atoms with van der Waals surface area (Å²) < 4.78 is 5.45. The quantitative estimate of drug-likeness (QED) is 0.862. The van der Waals surface area contributed by atoms with Gasteiger partial charge in [-0.25, -0.2) is 4.79 Å². The zero-order chi connectivity index (χ0) is 14.4. The summed E-state index contributed by atoms with van der Waals surface area (Å²) in [5.74, 6) is 0. The van der Waals surface area contributed by atoms with E-state index in [-0.39, 0.29) is 12.1 Å². The molecule has 1 unspecified atom stereocenters. The van der Waals surface area contributed by atoms with Gasteiger partial charge in [0.05, 0.1) is 6.10 Å². The van der Waals surface area contributed by atoms with E-state index in [1.54, 1.807) is 0 Å². The molecule has 0 spiro atoms. The molecule has 1 fully saturated rings. The number of hydrogen-bond acceptors (Lipinski definition) is 3. The number of nitrogens with one attached hydrogen (secondary N) is 2. The minimum Gasteiger partial charge on any atom is -0.378 e. The predicted molar refractivity (Wildman–Crippen MR) is 80.0 cm³/mol. The summed E-state index contributed by atoms with van der Waals surface area (Å²) in [5.41, 5.74) is 2.24. The summed E-state index contributed by atoms with van der Waals surface area (Å²) in [6.45, 7) is 1.93. The number of amides is 2. The number of carbonyl (C=O) groups excluding carboxylic acids is 1. The summed E-state index contributed by atoms with van der Waals surface area (Å²) in [6, 6.07) is 7.99. The highest BCUT2D eigenvalue weighted by molar-refractivity contribution is 5.73. The van der Waals surface area contributed by atoms with Crippen molar-refractivity contribution in [2.45, 2.75) is 25.5 Å². The third kappa shape index (κ3) is 4.42. The van der Waals surface area contributed by atoms with Gasteiger partial charge in [0.1, 0.15) is 0 Å². The third-order valence-electron chi connectivity index (χ3n) is 3.42. The van der Waals surface area contributed by atoms with E-state index in [9.17, 15) is 4.79 Å². The largest absolute Gasteiger partial charge is 0.378 e. The van der Waals surface area contributed by atoms with Crippen LogP contribution < -0.4 is 15.5 Å². The van der Waals surface area contributed by atoms with Gasteiger partial charge in [0.15, 0.2) is 0 Å². The van der Waals surface area contributed by atoms with E-state index >= 15 is 0 Å². The normalized spacial score (nSPS) is 17.8. The van der Waals surface area contributed by atoms with Gasteiger partial charge in [-0.2, -0.15) is 0 Å². The highest BCUT2D eigenvalue weighted by Gasteiger charge is 2.15. The fourth-order valence-electron chi connectivity index (χ4n) is 2.17. The maximum absolute atomic E-state index is 11.7. The van der Waals surface area contributed by atoms with E-state index in [1.165, 1.54) is 0 Å². The van der Waals surface area contributed by atoms with E-state index < -0.39 is 0 Å². The maximum atomic E-state index is 11.7. The van der Waals surface area contributed by atoms with Gasteiger partial charge >= 0.3 is 6.03 Å². The number of anilines is 1. The van der Waals surface area contributed by atoms with Gasteiger partial charge in [0.25, 0.3) is 0 Å². The Kier molecular flexibility index (Phi) is 5.24. The van der Waals surface area contributed by atoms with E-state index in [1.807, 2.05) is 43.3 Å².